The number of aryl methyl sites for hydroxylation is 2. The number of hydrogen-bond donors (Lipinski definition) is 2. The molecule has 3 nitrogen and oxygen atoms in total. The Labute approximate surface area is 123 Å². The number of hydrogen-bond acceptors (Lipinski definition) is 2. The topological polar surface area (TPSA) is 41.1 Å². The van der Waals surface area contributed by atoms with Gasteiger partial charge in [0.2, 0.25) is 0 Å². The Morgan fingerprint density at radius 1 is 1.10 bits per heavy atom. The van der Waals surface area contributed by atoms with Gasteiger partial charge in [0.1, 0.15) is 0 Å². The molecule has 0 fully saturated rings. The van der Waals surface area contributed by atoms with Crippen molar-refractivity contribution in [2.75, 3.05) is 5.32 Å². The van der Waals surface area contributed by atoms with Crippen LogP contribution in [0.4, 0.5) is 10.5 Å². The van der Waals surface area contributed by atoms with Gasteiger partial charge in [-0.25, -0.2) is 4.79 Å². The van der Waals surface area contributed by atoms with Crippen LogP contribution in [0.5, 0.6) is 0 Å². The summed E-state index contributed by atoms with van der Waals surface area (Å²) in [5.74, 6) is 0. The number of nitrogens with one attached hydrogen (secondary N) is 2. The van der Waals surface area contributed by atoms with E-state index in [0.29, 0.717) is 0 Å². The van der Waals surface area contributed by atoms with E-state index in [0.717, 1.165) is 22.6 Å². The van der Waals surface area contributed by atoms with E-state index in [1.54, 1.807) is 0 Å². The number of urea groups is 1. The zero-order valence-corrected chi connectivity index (χ0v) is 12.5. The van der Waals surface area contributed by atoms with Crippen molar-refractivity contribution < 1.29 is 4.79 Å². The van der Waals surface area contributed by atoms with Crippen molar-refractivity contribution >= 4 is 23.7 Å². The number of para-hydroxylation sites is 1. The summed E-state index contributed by atoms with van der Waals surface area (Å²) in [7, 11) is 0. The first kappa shape index (κ1) is 14.5. The summed E-state index contributed by atoms with van der Waals surface area (Å²) in [6.07, 6.45) is 0.890. The highest BCUT2D eigenvalue weighted by atomic mass is 32.2. The van der Waals surface area contributed by atoms with E-state index in [2.05, 4.69) is 17.0 Å². The molecule has 2 amide bonds. The van der Waals surface area contributed by atoms with Crippen LogP contribution in [0.25, 0.3) is 0 Å². The first-order valence-corrected chi connectivity index (χ1v) is 7.39. The minimum absolute atomic E-state index is 0.212. The molecule has 0 radical (unpaired) electrons. The average Bonchev–Trinajstić information content (AvgIpc) is 2.47. The maximum Gasteiger partial charge on any atom is 0.329 e. The molecular weight excluding hydrogens is 268 g/mol. The van der Waals surface area contributed by atoms with Crippen LogP contribution in [0.15, 0.2) is 53.4 Å². The van der Waals surface area contributed by atoms with E-state index in [-0.39, 0.29) is 6.03 Å². The first-order chi connectivity index (χ1) is 9.69. The number of carbonyl (C=O) groups is 1. The van der Waals surface area contributed by atoms with Crippen molar-refractivity contribution in [1.82, 2.24) is 4.72 Å². The molecule has 0 aliphatic carbocycles. The molecule has 0 spiro atoms. The molecule has 20 heavy (non-hydrogen) atoms. The molecule has 0 saturated heterocycles. The van der Waals surface area contributed by atoms with Gasteiger partial charge in [0.25, 0.3) is 0 Å². The number of anilines is 1. The van der Waals surface area contributed by atoms with Gasteiger partial charge in [-0.05, 0) is 49.1 Å². The third-order valence-electron chi connectivity index (χ3n) is 2.93. The van der Waals surface area contributed by atoms with Gasteiger partial charge >= 0.3 is 6.03 Å². The molecule has 2 aromatic carbocycles. The van der Waals surface area contributed by atoms with E-state index in [9.17, 15) is 4.79 Å². The zero-order chi connectivity index (χ0) is 14.4. The van der Waals surface area contributed by atoms with E-state index in [1.165, 1.54) is 17.5 Å². The van der Waals surface area contributed by atoms with Crippen LogP contribution in [-0.2, 0) is 6.42 Å². The summed E-state index contributed by atoms with van der Waals surface area (Å²) in [6.45, 7) is 4.11. The van der Waals surface area contributed by atoms with Gasteiger partial charge in [0.15, 0.2) is 0 Å². The number of benzene rings is 2. The third-order valence-corrected chi connectivity index (χ3v) is 3.72. The summed E-state index contributed by atoms with van der Waals surface area (Å²) < 4.78 is 2.78. The Balaban J connectivity index is 1.91. The Kier molecular flexibility index (Phi) is 5.07. The maximum atomic E-state index is 11.9. The molecule has 4 heteroatoms. The van der Waals surface area contributed by atoms with Crippen LogP contribution in [0, 0.1) is 6.92 Å². The molecule has 0 aliphatic rings. The van der Waals surface area contributed by atoms with Gasteiger partial charge in [-0.2, -0.15) is 0 Å². The molecule has 0 bridgehead atoms. The van der Waals surface area contributed by atoms with Crippen LogP contribution >= 0.6 is 11.9 Å². The number of amides is 2. The SMILES string of the molecule is CCc1ccccc1NC(=O)NSc1ccc(C)cc1. The van der Waals surface area contributed by atoms with E-state index in [1.807, 2.05) is 55.5 Å². The predicted octanol–water partition coefficient (Wildman–Crippen LogP) is 4.39. The summed E-state index contributed by atoms with van der Waals surface area (Å²) >= 11 is 1.31. The Morgan fingerprint density at radius 2 is 1.80 bits per heavy atom. The normalized spacial score (nSPS) is 10.1. The Morgan fingerprint density at radius 3 is 2.50 bits per heavy atom. The Bertz CT molecular complexity index is 581. The fourth-order valence-corrected chi connectivity index (χ4v) is 2.34. The van der Waals surface area contributed by atoms with Crippen LogP contribution in [0.2, 0.25) is 0 Å². The van der Waals surface area contributed by atoms with Crippen molar-refractivity contribution in [2.45, 2.75) is 25.2 Å². The Hall–Kier alpha value is -1.94. The fourth-order valence-electron chi connectivity index (χ4n) is 1.81. The second kappa shape index (κ2) is 7.01. The van der Waals surface area contributed by atoms with E-state index in [4.69, 9.17) is 0 Å². The highest BCUT2D eigenvalue weighted by Crippen LogP contribution is 2.17. The van der Waals surface area contributed by atoms with Crippen molar-refractivity contribution in [3.05, 3.63) is 59.7 Å². The molecule has 2 rings (SSSR count). The van der Waals surface area contributed by atoms with Crippen LogP contribution < -0.4 is 10.0 Å². The lowest BCUT2D eigenvalue weighted by Gasteiger charge is -2.10. The fraction of sp³-hybridized carbons (Fsp3) is 0.188. The summed E-state index contributed by atoms with van der Waals surface area (Å²) in [4.78, 5) is 12.9. The van der Waals surface area contributed by atoms with Gasteiger partial charge < -0.3 is 5.32 Å². The van der Waals surface area contributed by atoms with Gasteiger partial charge in [-0.3, -0.25) is 4.72 Å². The number of carbonyl (C=O) groups excluding carboxylic acids is 1. The lowest BCUT2D eigenvalue weighted by molar-refractivity contribution is 0.257. The minimum Gasteiger partial charge on any atom is -0.307 e. The predicted molar refractivity (Wildman–Crippen MR) is 85.0 cm³/mol. The van der Waals surface area contributed by atoms with Crippen molar-refractivity contribution in [3.8, 4) is 0 Å². The van der Waals surface area contributed by atoms with Gasteiger partial charge in [0.05, 0.1) is 0 Å². The standard InChI is InChI=1S/C16H18N2OS/c1-3-13-6-4-5-7-15(13)17-16(19)18-20-14-10-8-12(2)9-11-14/h4-11H,3H2,1-2H3,(H2,17,18,19). The molecule has 0 unspecified atom stereocenters. The van der Waals surface area contributed by atoms with Crippen molar-refractivity contribution in [3.63, 3.8) is 0 Å². The maximum absolute atomic E-state index is 11.9. The van der Waals surface area contributed by atoms with E-state index >= 15 is 0 Å². The highest BCUT2D eigenvalue weighted by Gasteiger charge is 2.05. The lowest BCUT2D eigenvalue weighted by atomic mass is 10.1. The molecule has 0 heterocycles. The molecule has 0 atom stereocenters. The molecule has 0 saturated carbocycles. The minimum atomic E-state index is -0.212. The van der Waals surface area contributed by atoms with Crippen LogP contribution in [0.1, 0.15) is 18.1 Å². The lowest BCUT2D eigenvalue weighted by Crippen LogP contribution is -2.23. The van der Waals surface area contributed by atoms with Gasteiger partial charge in [-0.15, -0.1) is 0 Å². The molecule has 0 aliphatic heterocycles. The quantitative estimate of drug-likeness (QED) is 0.819. The van der Waals surface area contributed by atoms with Crippen LogP contribution in [-0.4, -0.2) is 6.03 Å². The number of rotatable bonds is 4. The zero-order valence-electron chi connectivity index (χ0n) is 11.6. The van der Waals surface area contributed by atoms with E-state index < -0.39 is 0 Å². The molecule has 2 N–H and O–H groups in total. The smallest absolute Gasteiger partial charge is 0.307 e. The largest absolute Gasteiger partial charge is 0.329 e. The summed E-state index contributed by atoms with van der Waals surface area (Å²) in [5, 5.41) is 2.87. The van der Waals surface area contributed by atoms with Crippen molar-refractivity contribution in [2.24, 2.45) is 0 Å². The average molecular weight is 286 g/mol. The second-order valence-corrected chi connectivity index (χ2v) is 5.36. The summed E-state index contributed by atoms with van der Waals surface area (Å²) in [6, 6.07) is 15.6. The molecule has 0 aromatic heterocycles. The monoisotopic (exact) mass is 286 g/mol. The summed E-state index contributed by atoms with van der Waals surface area (Å²) in [5.41, 5.74) is 3.19. The second-order valence-electron chi connectivity index (χ2n) is 4.48. The van der Waals surface area contributed by atoms with Gasteiger partial charge in [0, 0.05) is 10.6 Å². The third kappa shape index (κ3) is 4.03. The molecule has 104 valence electrons. The first-order valence-electron chi connectivity index (χ1n) is 6.57. The molecule has 2 aromatic rings. The van der Waals surface area contributed by atoms with Gasteiger partial charge in [-0.1, -0.05) is 42.8 Å². The van der Waals surface area contributed by atoms with Crippen molar-refractivity contribution in [1.29, 1.82) is 0 Å². The highest BCUT2D eigenvalue weighted by molar-refractivity contribution is 7.98. The van der Waals surface area contributed by atoms with Crippen LogP contribution in [0.3, 0.4) is 0 Å². The molecular formula is C16H18N2OS.